The lowest BCUT2D eigenvalue weighted by Crippen LogP contribution is -2.35. The number of rotatable bonds is 3. The Morgan fingerprint density at radius 1 is 1.00 bits per heavy atom. The van der Waals surface area contributed by atoms with E-state index < -0.39 is 44.2 Å². The van der Waals surface area contributed by atoms with Crippen LogP contribution >= 0.6 is 0 Å². The molecule has 0 unspecified atom stereocenters. The van der Waals surface area contributed by atoms with Crippen molar-refractivity contribution in [1.29, 1.82) is 0 Å². The first kappa shape index (κ1) is 23.5. The zero-order chi connectivity index (χ0) is 24.0. The average Bonchev–Trinajstić information content (AvgIpc) is 3.06. The summed E-state index contributed by atoms with van der Waals surface area (Å²) >= 11 is 0. The third-order valence-corrected chi connectivity index (χ3v) is 6.18. The Kier molecular flexibility index (Phi) is 5.92. The number of carbonyl (C=O) groups excluding carboxylic acids is 1. The first-order valence-corrected chi connectivity index (χ1v) is 11.3. The van der Waals surface area contributed by atoms with E-state index in [4.69, 9.17) is 9.88 Å². The predicted molar refractivity (Wildman–Crippen MR) is 114 cm³/mol. The maximum Gasteiger partial charge on any atom is 0.410 e. The van der Waals surface area contributed by atoms with Crippen LogP contribution in [0.15, 0.2) is 35.2 Å². The predicted octanol–water partition coefficient (Wildman–Crippen LogP) is 2.27. The highest BCUT2D eigenvalue weighted by atomic mass is 32.2. The second-order valence-electron chi connectivity index (χ2n) is 8.74. The van der Waals surface area contributed by atoms with Crippen molar-refractivity contribution in [2.45, 2.75) is 43.1 Å². The van der Waals surface area contributed by atoms with Gasteiger partial charge in [-0.2, -0.15) is 0 Å². The van der Waals surface area contributed by atoms with Gasteiger partial charge in [-0.15, -0.1) is 0 Å². The van der Waals surface area contributed by atoms with E-state index in [0.29, 0.717) is 5.56 Å². The smallest absolute Gasteiger partial charge is 0.410 e. The highest BCUT2D eigenvalue weighted by Gasteiger charge is 2.42. The summed E-state index contributed by atoms with van der Waals surface area (Å²) < 4.78 is 29.2. The Labute approximate surface area is 185 Å². The van der Waals surface area contributed by atoms with Gasteiger partial charge in [-0.1, -0.05) is 6.07 Å². The molecule has 32 heavy (non-hydrogen) atoms. The van der Waals surface area contributed by atoms with Crippen molar-refractivity contribution in [3.05, 3.63) is 41.5 Å². The number of primary sulfonamides is 1. The Morgan fingerprint density at radius 2 is 1.59 bits per heavy atom. The van der Waals surface area contributed by atoms with Gasteiger partial charge in [-0.25, -0.2) is 18.4 Å². The molecule has 1 saturated heterocycles. The fraction of sp³-hybridized carbons (Fsp3) is 0.381. The van der Waals surface area contributed by atoms with Crippen molar-refractivity contribution in [2.75, 3.05) is 13.1 Å². The van der Waals surface area contributed by atoms with Crippen LogP contribution in [0.1, 0.15) is 43.7 Å². The van der Waals surface area contributed by atoms with Crippen LogP contribution in [0.4, 0.5) is 4.79 Å². The van der Waals surface area contributed by atoms with Gasteiger partial charge in [0.15, 0.2) is 11.5 Å². The number of nitrogens with two attached hydrogens (primary N) is 1. The van der Waals surface area contributed by atoms with Crippen LogP contribution in [-0.2, 0) is 14.8 Å². The fourth-order valence-electron chi connectivity index (χ4n) is 3.85. The number of likely N-dealkylation sites (tertiary alicyclic amines) is 1. The molecule has 2 atom stereocenters. The zero-order valence-electron chi connectivity index (χ0n) is 17.8. The Morgan fingerprint density at radius 3 is 2.16 bits per heavy atom. The quantitative estimate of drug-likeness (QED) is 0.429. The van der Waals surface area contributed by atoms with Gasteiger partial charge in [-0.3, -0.25) is 0 Å². The standard InChI is InChI=1S/C21H26N2O8S/c1-21(2,3)31-20(28)23-9-12(11-4-5-14(24)16(26)8-11)13(10-23)18-15(25)6-7-17(19(18)27)32(22,29)30/h4-8,12-13,24-27H,9-10H2,1-3H3,(H2,22,29,30)/t12-,13+/m0/s1. The number of nitrogens with zero attached hydrogens (tertiary/aromatic N) is 1. The molecule has 11 heteroatoms. The molecule has 0 spiro atoms. The molecule has 1 aliphatic rings. The second kappa shape index (κ2) is 8.06. The largest absolute Gasteiger partial charge is 0.508 e. The minimum absolute atomic E-state index is 0.0174. The van der Waals surface area contributed by atoms with Crippen molar-refractivity contribution >= 4 is 16.1 Å². The van der Waals surface area contributed by atoms with Crippen LogP contribution in [0, 0.1) is 0 Å². The van der Waals surface area contributed by atoms with Crippen LogP contribution in [0.5, 0.6) is 23.0 Å². The number of ether oxygens (including phenoxy) is 1. The summed E-state index contributed by atoms with van der Waals surface area (Å²) in [6, 6.07) is 6.21. The van der Waals surface area contributed by atoms with E-state index in [-0.39, 0.29) is 35.9 Å². The van der Waals surface area contributed by atoms with E-state index in [1.165, 1.54) is 23.1 Å². The molecule has 1 heterocycles. The van der Waals surface area contributed by atoms with Gasteiger partial charge >= 0.3 is 6.09 Å². The van der Waals surface area contributed by atoms with E-state index >= 15 is 0 Å². The summed E-state index contributed by atoms with van der Waals surface area (Å²) in [6.45, 7) is 5.20. The van der Waals surface area contributed by atoms with Crippen LogP contribution in [0.2, 0.25) is 0 Å². The number of benzene rings is 2. The molecular formula is C21H26N2O8S. The number of aromatic hydroxyl groups is 4. The summed E-state index contributed by atoms with van der Waals surface area (Å²) in [7, 11) is -4.29. The van der Waals surface area contributed by atoms with Gasteiger partial charge in [-0.05, 0) is 50.6 Å². The van der Waals surface area contributed by atoms with Crippen LogP contribution in [-0.4, -0.2) is 58.5 Å². The lowest BCUT2D eigenvalue weighted by molar-refractivity contribution is 0.0290. The maximum absolute atomic E-state index is 12.7. The number of hydrogen-bond donors (Lipinski definition) is 5. The number of sulfonamides is 1. The number of carbonyl (C=O) groups is 1. The molecule has 0 saturated carbocycles. The molecule has 2 aromatic carbocycles. The Hall–Kier alpha value is -3.18. The van der Waals surface area contributed by atoms with Gasteiger partial charge in [0.25, 0.3) is 0 Å². The van der Waals surface area contributed by atoms with Gasteiger partial charge in [0.2, 0.25) is 10.0 Å². The van der Waals surface area contributed by atoms with Crippen molar-refractivity contribution in [2.24, 2.45) is 5.14 Å². The minimum Gasteiger partial charge on any atom is -0.508 e. The summed E-state index contributed by atoms with van der Waals surface area (Å²) in [5.74, 6) is -3.16. The molecule has 174 valence electrons. The van der Waals surface area contributed by atoms with E-state index in [1.54, 1.807) is 20.8 Å². The Balaban J connectivity index is 2.12. The molecule has 0 aliphatic carbocycles. The number of amides is 1. The van der Waals surface area contributed by atoms with Crippen molar-refractivity contribution in [1.82, 2.24) is 4.90 Å². The van der Waals surface area contributed by atoms with E-state index in [2.05, 4.69) is 0 Å². The number of phenolic OH excluding ortho intramolecular Hbond substituents is 4. The number of phenols is 4. The normalized spacial score (nSPS) is 19.2. The van der Waals surface area contributed by atoms with Crippen LogP contribution in [0.3, 0.4) is 0 Å². The number of hydrogen-bond acceptors (Lipinski definition) is 8. The Bertz CT molecular complexity index is 1160. The molecule has 2 aromatic rings. The van der Waals surface area contributed by atoms with E-state index in [0.717, 1.165) is 12.1 Å². The summed E-state index contributed by atoms with van der Waals surface area (Å²) in [5.41, 5.74) is -0.365. The molecule has 1 aliphatic heterocycles. The van der Waals surface area contributed by atoms with Crippen molar-refractivity contribution in [3.8, 4) is 23.0 Å². The van der Waals surface area contributed by atoms with E-state index in [1.807, 2.05) is 0 Å². The fourth-order valence-corrected chi connectivity index (χ4v) is 4.49. The summed E-state index contributed by atoms with van der Waals surface area (Å²) in [6.07, 6.45) is -0.630. The molecule has 0 bridgehead atoms. The van der Waals surface area contributed by atoms with Crippen LogP contribution < -0.4 is 5.14 Å². The molecule has 6 N–H and O–H groups in total. The molecular weight excluding hydrogens is 440 g/mol. The van der Waals surface area contributed by atoms with E-state index in [9.17, 15) is 33.6 Å². The summed E-state index contributed by atoms with van der Waals surface area (Å²) in [4.78, 5) is 13.5. The van der Waals surface area contributed by atoms with Crippen molar-refractivity contribution < 1.29 is 38.4 Å². The van der Waals surface area contributed by atoms with Gasteiger partial charge in [0, 0.05) is 30.5 Å². The monoisotopic (exact) mass is 466 g/mol. The molecule has 0 radical (unpaired) electrons. The zero-order valence-corrected chi connectivity index (χ0v) is 18.6. The lowest BCUT2D eigenvalue weighted by Gasteiger charge is -2.24. The summed E-state index contributed by atoms with van der Waals surface area (Å²) in [5, 5.41) is 46.0. The van der Waals surface area contributed by atoms with Gasteiger partial charge < -0.3 is 30.1 Å². The lowest BCUT2D eigenvalue weighted by atomic mass is 9.83. The highest BCUT2D eigenvalue weighted by molar-refractivity contribution is 7.89. The maximum atomic E-state index is 12.7. The topological polar surface area (TPSA) is 171 Å². The van der Waals surface area contributed by atoms with Crippen LogP contribution in [0.25, 0.3) is 0 Å². The van der Waals surface area contributed by atoms with Gasteiger partial charge in [0.05, 0.1) is 0 Å². The first-order valence-electron chi connectivity index (χ1n) is 9.76. The third-order valence-electron chi connectivity index (χ3n) is 5.23. The highest BCUT2D eigenvalue weighted by Crippen LogP contribution is 2.48. The average molecular weight is 467 g/mol. The molecule has 1 amide bonds. The molecule has 3 rings (SSSR count). The molecule has 0 aromatic heterocycles. The second-order valence-corrected chi connectivity index (χ2v) is 10.3. The first-order chi connectivity index (χ1) is 14.7. The van der Waals surface area contributed by atoms with Gasteiger partial charge in [0.1, 0.15) is 22.0 Å². The molecule has 1 fully saturated rings. The minimum atomic E-state index is -4.29. The third kappa shape index (κ3) is 4.68. The molecule has 10 nitrogen and oxygen atoms in total. The van der Waals surface area contributed by atoms with Crippen molar-refractivity contribution in [3.63, 3.8) is 0 Å². The SMILES string of the molecule is CC(C)(C)OC(=O)N1C[C@@H](c2ccc(O)c(O)c2)[C@H](c2c(O)ccc(S(N)(=O)=O)c2O)C1.